The van der Waals surface area contributed by atoms with Gasteiger partial charge in [0.1, 0.15) is 18.0 Å². The maximum Gasteiger partial charge on any atom is 0.137 e. The van der Waals surface area contributed by atoms with Crippen LogP contribution >= 0.6 is 0 Å². The molecule has 1 saturated heterocycles. The normalized spacial score (nSPS) is 19.8. The summed E-state index contributed by atoms with van der Waals surface area (Å²) in [5.41, 5.74) is 6.14. The number of nitrogens with zero attached hydrogens (tertiary/aromatic N) is 3. The van der Waals surface area contributed by atoms with E-state index in [-0.39, 0.29) is 0 Å². The Morgan fingerprint density at radius 2 is 2.00 bits per heavy atom. The quantitative estimate of drug-likeness (QED) is 0.732. The highest BCUT2D eigenvalue weighted by Crippen LogP contribution is 2.27. The SMILES string of the molecule is Cc1c(N)ncnc1N1CCC(C)(O)CC1. The Morgan fingerprint density at radius 1 is 1.38 bits per heavy atom. The second-order valence-electron chi connectivity index (χ2n) is 4.69. The zero-order chi connectivity index (χ0) is 11.8. The zero-order valence-electron chi connectivity index (χ0n) is 9.77. The number of nitrogens with two attached hydrogens (primary N) is 1. The Kier molecular flexibility index (Phi) is 2.71. The van der Waals surface area contributed by atoms with E-state index in [4.69, 9.17) is 5.73 Å². The van der Waals surface area contributed by atoms with Gasteiger partial charge in [0.15, 0.2) is 0 Å². The fourth-order valence-electron chi connectivity index (χ4n) is 1.97. The van der Waals surface area contributed by atoms with Crippen molar-refractivity contribution in [2.45, 2.75) is 32.3 Å². The van der Waals surface area contributed by atoms with Crippen LogP contribution in [-0.2, 0) is 0 Å². The van der Waals surface area contributed by atoms with E-state index in [1.54, 1.807) is 0 Å². The predicted octanol–water partition coefficient (Wildman–Crippen LogP) is 0.718. The van der Waals surface area contributed by atoms with Crippen LogP contribution in [0, 0.1) is 6.92 Å². The Hall–Kier alpha value is -1.36. The zero-order valence-corrected chi connectivity index (χ0v) is 9.77. The summed E-state index contributed by atoms with van der Waals surface area (Å²) < 4.78 is 0. The van der Waals surface area contributed by atoms with Crippen molar-refractivity contribution in [3.05, 3.63) is 11.9 Å². The molecule has 0 unspecified atom stereocenters. The van der Waals surface area contributed by atoms with Gasteiger partial charge in [-0.2, -0.15) is 0 Å². The first kappa shape index (κ1) is 11.1. The smallest absolute Gasteiger partial charge is 0.137 e. The molecule has 1 aromatic heterocycles. The van der Waals surface area contributed by atoms with E-state index < -0.39 is 5.60 Å². The molecule has 1 aliphatic heterocycles. The molecule has 88 valence electrons. The lowest BCUT2D eigenvalue weighted by molar-refractivity contribution is 0.0350. The van der Waals surface area contributed by atoms with E-state index >= 15 is 0 Å². The third kappa shape index (κ3) is 2.09. The minimum absolute atomic E-state index is 0.530. The van der Waals surface area contributed by atoms with Crippen LogP contribution in [0.2, 0.25) is 0 Å². The van der Waals surface area contributed by atoms with E-state index in [9.17, 15) is 5.11 Å². The molecule has 0 aliphatic carbocycles. The third-order valence-electron chi connectivity index (χ3n) is 3.24. The van der Waals surface area contributed by atoms with Gasteiger partial charge in [0.05, 0.1) is 5.60 Å². The molecule has 5 heteroatoms. The summed E-state index contributed by atoms with van der Waals surface area (Å²) in [7, 11) is 0. The van der Waals surface area contributed by atoms with Crippen molar-refractivity contribution >= 4 is 11.6 Å². The maximum absolute atomic E-state index is 9.88. The standard InChI is InChI=1S/C11H18N4O/c1-8-9(12)13-7-14-10(8)15-5-3-11(2,16)4-6-15/h7,16H,3-6H2,1-2H3,(H2,12,13,14). The molecule has 2 heterocycles. The number of rotatable bonds is 1. The lowest BCUT2D eigenvalue weighted by Crippen LogP contribution is -2.43. The summed E-state index contributed by atoms with van der Waals surface area (Å²) in [4.78, 5) is 10.4. The number of nitrogen functional groups attached to an aromatic ring is 1. The molecular formula is C11H18N4O. The molecule has 0 atom stereocenters. The Morgan fingerprint density at radius 3 is 2.62 bits per heavy atom. The molecule has 0 radical (unpaired) electrons. The van der Waals surface area contributed by atoms with E-state index in [0.717, 1.165) is 37.3 Å². The van der Waals surface area contributed by atoms with Crippen LogP contribution < -0.4 is 10.6 Å². The highest BCUT2D eigenvalue weighted by atomic mass is 16.3. The highest BCUT2D eigenvalue weighted by molar-refractivity contribution is 5.55. The average molecular weight is 222 g/mol. The fraction of sp³-hybridized carbons (Fsp3) is 0.636. The molecule has 16 heavy (non-hydrogen) atoms. The summed E-state index contributed by atoms with van der Waals surface area (Å²) >= 11 is 0. The first-order chi connectivity index (χ1) is 7.49. The van der Waals surface area contributed by atoms with Crippen LogP contribution in [0.4, 0.5) is 11.6 Å². The average Bonchev–Trinajstić information content (AvgIpc) is 2.23. The monoisotopic (exact) mass is 222 g/mol. The topological polar surface area (TPSA) is 75.3 Å². The number of hydrogen-bond donors (Lipinski definition) is 2. The number of piperidine rings is 1. The lowest BCUT2D eigenvalue weighted by atomic mass is 9.94. The molecule has 0 saturated carbocycles. The molecule has 1 aliphatic rings. The number of hydrogen-bond acceptors (Lipinski definition) is 5. The summed E-state index contributed by atoms with van der Waals surface area (Å²) in [5.74, 6) is 1.42. The van der Waals surface area contributed by atoms with E-state index in [1.807, 2.05) is 13.8 Å². The first-order valence-corrected chi connectivity index (χ1v) is 5.54. The minimum atomic E-state index is -0.539. The van der Waals surface area contributed by atoms with Crippen LogP contribution in [0.5, 0.6) is 0 Å². The maximum atomic E-state index is 9.88. The number of aliphatic hydroxyl groups is 1. The van der Waals surface area contributed by atoms with Gasteiger partial charge in [-0.05, 0) is 26.7 Å². The highest BCUT2D eigenvalue weighted by Gasteiger charge is 2.28. The van der Waals surface area contributed by atoms with Crippen LogP contribution in [0.25, 0.3) is 0 Å². The number of anilines is 2. The Bertz CT molecular complexity index is 382. The van der Waals surface area contributed by atoms with E-state index in [0.29, 0.717) is 5.82 Å². The Balaban J connectivity index is 2.17. The molecule has 1 fully saturated rings. The van der Waals surface area contributed by atoms with Crippen LogP contribution in [0.1, 0.15) is 25.3 Å². The molecule has 3 N–H and O–H groups in total. The largest absolute Gasteiger partial charge is 0.390 e. The third-order valence-corrected chi connectivity index (χ3v) is 3.24. The van der Waals surface area contributed by atoms with Gasteiger partial charge in [-0.25, -0.2) is 9.97 Å². The van der Waals surface area contributed by atoms with Crippen molar-refractivity contribution in [1.82, 2.24) is 9.97 Å². The molecular weight excluding hydrogens is 204 g/mol. The van der Waals surface area contributed by atoms with Crippen molar-refractivity contribution in [2.75, 3.05) is 23.7 Å². The van der Waals surface area contributed by atoms with Crippen LogP contribution in [0.3, 0.4) is 0 Å². The molecule has 0 amide bonds. The van der Waals surface area contributed by atoms with Crippen molar-refractivity contribution in [3.63, 3.8) is 0 Å². The summed E-state index contributed by atoms with van der Waals surface area (Å²) in [5, 5.41) is 9.88. The summed E-state index contributed by atoms with van der Waals surface area (Å²) in [6.45, 7) is 5.43. The van der Waals surface area contributed by atoms with E-state index in [1.165, 1.54) is 6.33 Å². The van der Waals surface area contributed by atoms with Gasteiger partial charge in [-0.15, -0.1) is 0 Å². The molecule has 5 nitrogen and oxygen atoms in total. The van der Waals surface area contributed by atoms with Crippen molar-refractivity contribution < 1.29 is 5.11 Å². The van der Waals surface area contributed by atoms with Crippen molar-refractivity contribution in [3.8, 4) is 0 Å². The Labute approximate surface area is 95.3 Å². The summed E-state index contributed by atoms with van der Waals surface area (Å²) in [6.07, 6.45) is 3.01. The molecule has 0 spiro atoms. The van der Waals surface area contributed by atoms with Crippen molar-refractivity contribution in [1.29, 1.82) is 0 Å². The lowest BCUT2D eigenvalue weighted by Gasteiger charge is -2.37. The van der Waals surface area contributed by atoms with Gasteiger partial charge in [0, 0.05) is 18.7 Å². The van der Waals surface area contributed by atoms with Gasteiger partial charge in [0.2, 0.25) is 0 Å². The van der Waals surface area contributed by atoms with Gasteiger partial charge in [-0.3, -0.25) is 0 Å². The van der Waals surface area contributed by atoms with Crippen LogP contribution in [0.15, 0.2) is 6.33 Å². The molecule has 1 aromatic rings. The van der Waals surface area contributed by atoms with Crippen LogP contribution in [-0.4, -0.2) is 33.8 Å². The van der Waals surface area contributed by atoms with Gasteiger partial charge in [0.25, 0.3) is 0 Å². The number of aromatic nitrogens is 2. The predicted molar refractivity (Wildman–Crippen MR) is 63.3 cm³/mol. The second-order valence-corrected chi connectivity index (χ2v) is 4.69. The second kappa shape index (κ2) is 3.90. The van der Waals surface area contributed by atoms with Gasteiger partial charge < -0.3 is 15.7 Å². The molecule has 0 bridgehead atoms. The minimum Gasteiger partial charge on any atom is -0.390 e. The van der Waals surface area contributed by atoms with Crippen molar-refractivity contribution in [2.24, 2.45) is 0 Å². The fourth-order valence-corrected chi connectivity index (χ4v) is 1.97. The molecule has 0 aromatic carbocycles. The van der Waals surface area contributed by atoms with E-state index in [2.05, 4.69) is 14.9 Å². The molecule has 2 rings (SSSR count). The van der Waals surface area contributed by atoms with Gasteiger partial charge >= 0.3 is 0 Å². The van der Waals surface area contributed by atoms with Gasteiger partial charge in [-0.1, -0.05) is 0 Å². The summed E-state index contributed by atoms with van der Waals surface area (Å²) in [6, 6.07) is 0. The first-order valence-electron chi connectivity index (χ1n) is 5.54.